The normalized spacial score (nSPS) is 10.0. The first-order chi connectivity index (χ1) is 14.5. The standard InChI is InChI=1S/C22H24N2O5S/c1-2-28-21(27)17-8-10-18(11-9-17)23-22(30)24-19(25)12-13-20(26)29-15-14-16-6-4-3-5-7-16/h3-11H,2,12-15H2,1H3,(H2,23,24,25,30). The Bertz CT molecular complexity index is 869. The van der Waals surface area contributed by atoms with E-state index in [1.807, 2.05) is 30.3 Å². The van der Waals surface area contributed by atoms with Gasteiger partial charge >= 0.3 is 11.9 Å². The first-order valence-corrected chi connectivity index (χ1v) is 9.96. The Morgan fingerprint density at radius 3 is 2.30 bits per heavy atom. The maximum atomic E-state index is 12.0. The van der Waals surface area contributed by atoms with Gasteiger partial charge in [0.25, 0.3) is 0 Å². The Labute approximate surface area is 180 Å². The van der Waals surface area contributed by atoms with Crippen LogP contribution in [0.1, 0.15) is 35.7 Å². The van der Waals surface area contributed by atoms with E-state index in [1.165, 1.54) is 0 Å². The molecular weight excluding hydrogens is 404 g/mol. The van der Waals surface area contributed by atoms with Crippen molar-refractivity contribution in [2.45, 2.75) is 26.2 Å². The van der Waals surface area contributed by atoms with E-state index in [2.05, 4.69) is 10.6 Å². The lowest BCUT2D eigenvalue weighted by Crippen LogP contribution is -2.34. The van der Waals surface area contributed by atoms with Crippen LogP contribution in [0.5, 0.6) is 0 Å². The summed E-state index contributed by atoms with van der Waals surface area (Å²) in [5.41, 5.74) is 2.10. The average molecular weight is 429 g/mol. The number of ether oxygens (including phenoxy) is 2. The molecule has 0 aromatic heterocycles. The Morgan fingerprint density at radius 1 is 0.933 bits per heavy atom. The van der Waals surface area contributed by atoms with Crippen molar-refractivity contribution in [2.75, 3.05) is 18.5 Å². The Kier molecular flexibility index (Phi) is 9.47. The van der Waals surface area contributed by atoms with Crippen LogP contribution < -0.4 is 10.6 Å². The fourth-order valence-corrected chi connectivity index (χ4v) is 2.70. The molecule has 0 saturated heterocycles. The summed E-state index contributed by atoms with van der Waals surface area (Å²) in [5, 5.41) is 5.45. The second-order valence-corrected chi connectivity index (χ2v) is 6.66. The van der Waals surface area contributed by atoms with Gasteiger partial charge in [0, 0.05) is 18.5 Å². The third kappa shape index (κ3) is 8.40. The second-order valence-electron chi connectivity index (χ2n) is 6.26. The highest BCUT2D eigenvalue weighted by Crippen LogP contribution is 2.10. The van der Waals surface area contributed by atoms with Crippen LogP contribution in [-0.4, -0.2) is 36.2 Å². The highest BCUT2D eigenvalue weighted by Gasteiger charge is 2.10. The van der Waals surface area contributed by atoms with Crippen LogP contribution in [0.2, 0.25) is 0 Å². The SMILES string of the molecule is CCOC(=O)c1ccc(NC(=S)NC(=O)CCC(=O)OCCc2ccccc2)cc1. The molecule has 2 N–H and O–H groups in total. The monoisotopic (exact) mass is 428 g/mol. The van der Waals surface area contributed by atoms with Gasteiger partial charge in [-0.15, -0.1) is 0 Å². The van der Waals surface area contributed by atoms with Crippen LogP contribution in [0.4, 0.5) is 5.69 Å². The molecule has 2 rings (SSSR count). The van der Waals surface area contributed by atoms with Gasteiger partial charge in [-0.1, -0.05) is 30.3 Å². The topological polar surface area (TPSA) is 93.7 Å². The number of thiocarbonyl (C=S) groups is 1. The van der Waals surface area contributed by atoms with E-state index in [0.717, 1.165) is 5.56 Å². The van der Waals surface area contributed by atoms with Crippen molar-refractivity contribution in [1.82, 2.24) is 5.32 Å². The van der Waals surface area contributed by atoms with Crippen molar-refractivity contribution in [3.63, 3.8) is 0 Å². The number of esters is 2. The summed E-state index contributed by atoms with van der Waals surface area (Å²) in [6.07, 6.45) is 0.562. The minimum Gasteiger partial charge on any atom is -0.465 e. The maximum Gasteiger partial charge on any atom is 0.338 e. The Balaban J connectivity index is 1.65. The molecule has 158 valence electrons. The van der Waals surface area contributed by atoms with Gasteiger partial charge in [0.2, 0.25) is 5.91 Å². The zero-order valence-corrected chi connectivity index (χ0v) is 17.5. The molecule has 2 aromatic rings. The molecule has 2 aromatic carbocycles. The van der Waals surface area contributed by atoms with Gasteiger partial charge in [-0.25, -0.2) is 4.79 Å². The van der Waals surface area contributed by atoms with Crippen molar-refractivity contribution < 1.29 is 23.9 Å². The molecule has 0 saturated carbocycles. The number of amides is 1. The third-order valence-electron chi connectivity index (χ3n) is 3.96. The van der Waals surface area contributed by atoms with Gasteiger partial charge in [0.1, 0.15) is 0 Å². The minimum atomic E-state index is -0.436. The van der Waals surface area contributed by atoms with Crippen LogP contribution in [0.3, 0.4) is 0 Å². The van der Waals surface area contributed by atoms with Crippen LogP contribution >= 0.6 is 12.2 Å². The van der Waals surface area contributed by atoms with Gasteiger partial charge in [0.15, 0.2) is 5.11 Å². The van der Waals surface area contributed by atoms with E-state index in [4.69, 9.17) is 21.7 Å². The maximum absolute atomic E-state index is 12.0. The molecule has 0 atom stereocenters. The number of rotatable bonds is 9. The number of benzene rings is 2. The van der Waals surface area contributed by atoms with E-state index < -0.39 is 17.8 Å². The summed E-state index contributed by atoms with van der Waals surface area (Å²) >= 11 is 5.09. The largest absolute Gasteiger partial charge is 0.465 e. The molecule has 0 radical (unpaired) electrons. The number of nitrogens with one attached hydrogen (secondary N) is 2. The molecule has 7 nitrogen and oxygen atoms in total. The van der Waals surface area contributed by atoms with Gasteiger partial charge < -0.3 is 20.1 Å². The van der Waals surface area contributed by atoms with E-state index in [-0.39, 0.29) is 24.6 Å². The molecule has 30 heavy (non-hydrogen) atoms. The summed E-state index contributed by atoms with van der Waals surface area (Å²) in [4.78, 5) is 35.3. The van der Waals surface area contributed by atoms with Crippen LogP contribution in [0.15, 0.2) is 54.6 Å². The number of carbonyl (C=O) groups is 3. The zero-order chi connectivity index (χ0) is 21.8. The molecule has 1 amide bonds. The van der Waals surface area contributed by atoms with E-state index in [0.29, 0.717) is 24.3 Å². The molecule has 0 spiro atoms. The van der Waals surface area contributed by atoms with Crippen LogP contribution in [0, 0.1) is 0 Å². The molecule has 0 heterocycles. The first-order valence-electron chi connectivity index (χ1n) is 9.55. The highest BCUT2D eigenvalue weighted by atomic mass is 32.1. The summed E-state index contributed by atoms with van der Waals surface area (Å²) in [6, 6.07) is 16.2. The molecule has 0 unspecified atom stereocenters. The molecule has 0 fully saturated rings. The lowest BCUT2D eigenvalue weighted by atomic mass is 10.2. The quantitative estimate of drug-likeness (QED) is 0.468. The van der Waals surface area contributed by atoms with E-state index in [9.17, 15) is 14.4 Å². The van der Waals surface area contributed by atoms with Gasteiger partial charge in [0.05, 0.1) is 25.2 Å². The van der Waals surface area contributed by atoms with Gasteiger partial charge in [-0.2, -0.15) is 0 Å². The zero-order valence-electron chi connectivity index (χ0n) is 16.7. The molecular formula is C22H24N2O5S. The van der Waals surface area contributed by atoms with Crippen LogP contribution in [0.25, 0.3) is 0 Å². The molecule has 8 heteroatoms. The van der Waals surface area contributed by atoms with E-state index >= 15 is 0 Å². The van der Waals surface area contributed by atoms with Crippen LogP contribution in [-0.2, 0) is 25.5 Å². The van der Waals surface area contributed by atoms with Crippen molar-refractivity contribution in [2.24, 2.45) is 0 Å². The summed E-state index contributed by atoms with van der Waals surface area (Å²) in [5.74, 6) is -1.24. The third-order valence-corrected chi connectivity index (χ3v) is 4.16. The predicted molar refractivity (Wildman–Crippen MR) is 117 cm³/mol. The van der Waals surface area contributed by atoms with Gasteiger partial charge in [-0.3, -0.25) is 9.59 Å². The highest BCUT2D eigenvalue weighted by molar-refractivity contribution is 7.80. The average Bonchev–Trinajstić information content (AvgIpc) is 2.73. The summed E-state index contributed by atoms with van der Waals surface area (Å²) in [7, 11) is 0. The predicted octanol–water partition coefficient (Wildman–Crippen LogP) is 3.24. The van der Waals surface area contributed by atoms with Crippen molar-refractivity contribution in [3.05, 3.63) is 65.7 Å². The number of anilines is 1. The number of carbonyl (C=O) groups excluding carboxylic acids is 3. The fourth-order valence-electron chi connectivity index (χ4n) is 2.47. The smallest absolute Gasteiger partial charge is 0.338 e. The molecule has 0 bridgehead atoms. The fraction of sp³-hybridized carbons (Fsp3) is 0.273. The molecule has 0 aliphatic rings. The summed E-state index contributed by atoms with van der Waals surface area (Å²) in [6.45, 7) is 2.31. The van der Waals surface area contributed by atoms with Crippen molar-refractivity contribution in [1.29, 1.82) is 0 Å². The number of hydrogen-bond acceptors (Lipinski definition) is 6. The van der Waals surface area contributed by atoms with Crippen molar-refractivity contribution in [3.8, 4) is 0 Å². The lowest BCUT2D eigenvalue weighted by molar-refractivity contribution is -0.144. The van der Waals surface area contributed by atoms with E-state index in [1.54, 1.807) is 31.2 Å². The van der Waals surface area contributed by atoms with Crippen molar-refractivity contribution >= 4 is 40.9 Å². The Hall–Kier alpha value is -3.26. The number of hydrogen-bond donors (Lipinski definition) is 2. The Morgan fingerprint density at radius 2 is 1.63 bits per heavy atom. The lowest BCUT2D eigenvalue weighted by Gasteiger charge is -2.10. The minimum absolute atomic E-state index is 0.0303. The second kappa shape index (κ2) is 12.3. The molecule has 0 aliphatic carbocycles. The van der Waals surface area contributed by atoms with Gasteiger partial charge in [-0.05, 0) is 49.0 Å². The summed E-state index contributed by atoms with van der Waals surface area (Å²) < 4.78 is 10.1. The first kappa shape index (κ1) is 23.0. The molecule has 0 aliphatic heterocycles.